The van der Waals surface area contributed by atoms with Crippen molar-refractivity contribution in [2.45, 2.75) is 20.8 Å². The Morgan fingerprint density at radius 1 is 1.07 bits per heavy atom. The third kappa shape index (κ3) is 3.50. The molecule has 4 aromatic heterocycles. The SMILES string of the molecule is CC(C)(C)COC(=O)c1nc(-c2cccs2)c2nonc2c1-c1cccs1. The highest BCUT2D eigenvalue weighted by Crippen LogP contribution is 2.38. The Hall–Kier alpha value is -2.58. The lowest BCUT2D eigenvalue weighted by atomic mass is 9.99. The Balaban J connectivity index is 1.92. The molecule has 0 aliphatic carbocycles. The van der Waals surface area contributed by atoms with E-state index in [0.29, 0.717) is 28.9 Å². The zero-order valence-corrected chi connectivity index (χ0v) is 16.7. The van der Waals surface area contributed by atoms with Crippen LogP contribution in [0, 0.1) is 5.41 Å². The zero-order valence-electron chi connectivity index (χ0n) is 15.1. The summed E-state index contributed by atoms with van der Waals surface area (Å²) in [6, 6.07) is 7.68. The van der Waals surface area contributed by atoms with Gasteiger partial charge in [0.15, 0.2) is 11.2 Å². The Morgan fingerprint density at radius 3 is 2.37 bits per heavy atom. The van der Waals surface area contributed by atoms with Crippen LogP contribution in [-0.4, -0.2) is 27.9 Å². The van der Waals surface area contributed by atoms with Crippen molar-refractivity contribution in [3.63, 3.8) is 0 Å². The maximum Gasteiger partial charge on any atom is 0.357 e. The quantitative estimate of drug-likeness (QED) is 0.435. The van der Waals surface area contributed by atoms with Crippen LogP contribution in [0.2, 0.25) is 0 Å². The van der Waals surface area contributed by atoms with Crippen molar-refractivity contribution in [2.75, 3.05) is 6.61 Å². The smallest absolute Gasteiger partial charge is 0.357 e. The van der Waals surface area contributed by atoms with Gasteiger partial charge in [-0.25, -0.2) is 14.4 Å². The fraction of sp³-hybridized carbons (Fsp3) is 0.263. The number of rotatable bonds is 4. The minimum atomic E-state index is -0.476. The minimum absolute atomic E-state index is 0.144. The maximum absolute atomic E-state index is 12.9. The van der Waals surface area contributed by atoms with Crippen LogP contribution in [0.3, 0.4) is 0 Å². The van der Waals surface area contributed by atoms with E-state index in [2.05, 4.69) is 15.3 Å². The Morgan fingerprint density at radius 2 is 1.74 bits per heavy atom. The monoisotopic (exact) mass is 399 g/mol. The van der Waals surface area contributed by atoms with Gasteiger partial charge in [-0.3, -0.25) is 0 Å². The molecule has 0 saturated carbocycles. The second kappa shape index (κ2) is 6.86. The number of aromatic nitrogens is 3. The second-order valence-corrected chi connectivity index (χ2v) is 9.13. The van der Waals surface area contributed by atoms with Crippen molar-refractivity contribution >= 4 is 39.7 Å². The van der Waals surface area contributed by atoms with Gasteiger partial charge in [-0.05, 0) is 38.6 Å². The topological polar surface area (TPSA) is 78.1 Å². The third-order valence-corrected chi connectivity index (χ3v) is 5.53. The molecule has 0 N–H and O–H groups in total. The van der Waals surface area contributed by atoms with Crippen LogP contribution in [-0.2, 0) is 4.74 Å². The number of pyridine rings is 1. The van der Waals surface area contributed by atoms with Crippen molar-refractivity contribution in [1.29, 1.82) is 0 Å². The Labute approximate surface area is 163 Å². The molecule has 0 aliphatic rings. The lowest BCUT2D eigenvalue weighted by molar-refractivity contribution is 0.0361. The van der Waals surface area contributed by atoms with Crippen LogP contribution < -0.4 is 0 Å². The molecule has 8 heteroatoms. The summed E-state index contributed by atoms with van der Waals surface area (Å²) in [5, 5.41) is 12.0. The van der Waals surface area contributed by atoms with E-state index in [0.717, 1.165) is 9.75 Å². The number of ether oxygens (including phenoxy) is 1. The molecular formula is C19H17N3O3S2. The van der Waals surface area contributed by atoms with Gasteiger partial charge in [-0.1, -0.05) is 32.9 Å². The number of nitrogens with zero attached hydrogens (tertiary/aromatic N) is 3. The number of carbonyl (C=O) groups is 1. The van der Waals surface area contributed by atoms with Gasteiger partial charge in [-0.2, -0.15) is 0 Å². The number of thiophene rings is 2. The van der Waals surface area contributed by atoms with E-state index < -0.39 is 5.97 Å². The second-order valence-electron chi connectivity index (χ2n) is 7.24. The molecule has 0 spiro atoms. The fourth-order valence-corrected chi connectivity index (χ4v) is 4.07. The van der Waals surface area contributed by atoms with E-state index in [1.165, 1.54) is 22.7 Å². The predicted molar refractivity (Wildman–Crippen MR) is 106 cm³/mol. The van der Waals surface area contributed by atoms with Gasteiger partial charge in [0.1, 0.15) is 11.2 Å². The molecule has 0 radical (unpaired) electrons. The lowest BCUT2D eigenvalue weighted by Gasteiger charge is -2.18. The largest absolute Gasteiger partial charge is 0.460 e. The highest BCUT2D eigenvalue weighted by molar-refractivity contribution is 7.14. The van der Waals surface area contributed by atoms with E-state index in [1.54, 1.807) is 0 Å². The molecule has 0 aromatic carbocycles. The molecule has 0 fully saturated rings. The first-order valence-electron chi connectivity index (χ1n) is 8.35. The number of hydrogen-bond donors (Lipinski definition) is 0. The molecule has 138 valence electrons. The highest BCUT2D eigenvalue weighted by Gasteiger charge is 2.27. The van der Waals surface area contributed by atoms with Crippen LogP contribution in [0.1, 0.15) is 31.3 Å². The molecule has 0 unspecified atom stereocenters. The summed E-state index contributed by atoms with van der Waals surface area (Å²) in [5.41, 5.74) is 2.30. The number of fused-ring (bicyclic) bond motifs is 1. The minimum Gasteiger partial charge on any atom is -0.460 e. The first-order valence-corrected chi connectivity index (χ1v) is 10.1. The molecule has 0 amide bonds. The molecular weight excluding hydrogens is 382 g/mol. The van der Waals surface area contributed by atoms with E-state index in [1.807, 2.05) is 55.8 Å². The molecule has 0 aliphatic heterocycles. The summed E-state index contributed by atoms with van der Waals surface area (Å²) >= 11 is 3.01. The molecule has 4 aromatic rings. The molecule has 4 heterocycles. The van der Waals surface area contributed by atoms with Crippen LogP contribution in [0.4, 0.5) is 0 Å². The number of esters is 1. The Bertz CT molecular complexity index is 1080. The van der Waals surface area contributed by atoms with Crippen molar-refractivity contribution < 1.29 is 14.2 Å². The summed E-state index contributed by atoms with van der Waals surface area (Å²) in [6.45, 7) is 6.32. The van der Waals surface area contributed by atoms with Crippen LogP contribution in [0.5, 0.6) is 0 Å². The van der Waals surface area contributed by atoms with Crippen molar-refractivity contribution in [1.82, 2.24) is 15.3 Å². The number of carbonyl (C=O) groups excluding carboxylic acids is 1. The van der Waals surface area contributed by atoms with Gasteiger partial charge < -0.3 is 4.74 Å². The summed E-state index contributed by atoms with van der Waals surface area (Å²) in [7, 11) is 0. The van der Waals surface area contributed by atoms with Gasteiger partial charge in [-0.15, -0.1) is 22.7 Å². The zero-order chi connectivity index (χ0) is 19.0. The summed E-state index contributed by atoms with van der Waals surface area (Å²) in [5.74, 6) is -0.476. The molecule has 6 nitrogen and oxygen atoms in total. The average Bonchev–Trinajstić information content (AvgIpc) is 3.39. The maximum atomic E-state index is 12.9. The van der Waals surface area contributed by atoms with E-state index >= 15 is 0 Å². The molecule has 27 heavy (non-hydrogen) atoms. The molecule has 0 saturated heterocycles. The molecule has 0 atom stereocenters. The van der Waals surface area contributed by atoms with E-state index in [9.17, 15) is 4.79 Å². The van der Waals surface area contributed by atoms with Gasteiger partial charge in [0.2, 0.25) is 0 Å². The van der Waals surface area contributed by atoms with Crippen molar-refractivity contribution in [2.24, 2.45) is 5.41 Å². The van der Waals surface area contributed by atoms with Crippen LogP contribution in [0.25, 0.3) is 32.0 Å². The standard InChI is InChI=1S/C19H17N3O3S2/c1-19(2,3)10-24-18(23)16-13(11-6-4-8-26-11)15-17(22-25-21-15)14(20-16)12-7-5-9-27-12/h4-9H,10H2,1-3H3. The first-order chi connectivity index (χ1) is 12.9. The summed E-state index contributed by atoms with van der Waals surface area (Å²) < 4.78 is 10.6. The van der Waals surface area contributed by atoms with Gasteiger partial charge >= 0.3 is 5.97 Å². The van der Waals surface area contributed by atoms with Gasteiger partial charge in [0.05, 0.1) is 17.0 Å². The summed E-state index contributed by atoms with van der Waals surface area (Å²) in [4.78, 5) is 19.3. The average molecular weight is 399 g/mol. The van der Waals surface area contributed by atoms with Crippen LogP contribution in [0.15, 0.2) is 39.7 Å². The lowest BCUT2D eigenvalue weighted by Crippen LogP contribution is -2.19. The van der Waals surface area contributed by atoms with Gasteiger partial charge in [0.25, 0.3) is 0 Å². The van der Waals surface area contributed by atoms with Crippen molar-refractivity contribution in [3.05, 3.63) is 40.7 Å². The normalized spacial score (nSPS) is 11.8. The molecule has 0 bridgehead atoms. The van der Waals surface area contributed by atoms with Crippen LogP contribution >= 0.6 is 22.7 Å². The third-order valence-electron chi connectivity index (χ3n) is 3.76. The predicted octanol–water partition coefficient (Wildman–Crippen LogP) is 5.28. The fourth-order valence-electron chi connectivity index (χ4n) is 2.58. The van der Waals surface area contributed by atoms with E-state index in [4.69, 9.17) is 9.37 Å². The Kier molecular flexibility index (Phi) is 4.53. The van der Waals surface area contributed by atoms with E-state index in [-0.39, 0.29) is 11.1 Å². The first kappa shape index (κ1) is 17.8. The molecule has 4 rings (SSSR count). The van der Waals surface area contributed by atoms with Gasteiger partial charge in [0, 0.05) is 4.88 Å². The number of hydrogen-bond acceptors (Lipinski definition) is 8. The summed E-state index contributed by atoms with van der Waals surface area (Å²) in [6.07, 6.45) is 0. The highest BCUT2D eigenvalue weighted by atomic mass is 32.1. The van der Waals surface area contributed by atoms with Crippen molar-refractivity contribution in [3.8, 4) is 21.0 Å².